The van der Waals surface area contributed by atoms with E-state index in [1.165, 1.54) is 19.3 Å². The molecule has 0 aromatic rings. The van der Waals surface area contributed by atoms with Crippen molar-refractivity contribution in [2.45, 2.75) is 66.4 Å². The van der Waals surface area contributed by atoms with E-state index in [1.54, 1.807) is 0 Å². The predicted octanol–water partition coefficient (Wildman–Crippen LogP) is 3.86. The Morgan fingerprint density at radius 2 is 1.93 bits per heavy atom. The summed E-state index contributed by atoms with van der Waals surface area (Å²) < 4.78 is 0. The smallest absolute Gasteiger partial charge is 0.0512 e. The topological polar surface area (TPSA) is 20.2 Å². The first-order valence-electron chi connectivity index (χ1n) is 6.56. The van der Waals surface area contributed by atoms with Crippen molar-refractivity contribution in [2.75, 3.05) is 0 Å². The molecule has 0 amide bonds. The second-order valence-electron chi connectivity index (χ2n) is 6.21. The SMILES string of the molecule is CC(C)[C@]1(C)CC[C@H](C)[C@H]1CC[C@@H](C)O. The van der Waals surface area contributed by atoms with Gasteiger partial charge in [-0.05, 0) is 55.8 Å². The van der Waals surface area contributed by atoms with Gasteiger partial charge in [0.1, 0.15) is 0 Å². The van der Waals surface area contributed by atoms with Crippen molar-refractivity contribution in [2.24, 2.45) is 23.2 Å². The van der Waals surface area contributed by atoms with Crippen LogP contribution in [-0.2, 0) is 0 Å². The molecule has 1 fully saturated rings. The molecule has 1 rings (SSSR count). The lowest BCUT2D eigenvalue weighted by Gasteiger charge is -2.37. The Hall–Kier alpha value is -0.0400. The molecule has 0 bridgehead atoms. The molecule has 1 saturated carbocycles. The van der Waals surface area contributed by atoms with E-state index in [2.05, 4.69) is 27.7 Å². The Bertz CT molecular complexity index is 198. The molecule has 0 unspecified atom stereocenters. The Morgan fingerprint density at radius 1 is 1.33 bits per heavy atom. The molecule has 1 aliphatic carbocycles. The van der Waals surface area contributed by atoms with Gasteiger partial charge in [0.25, 0.3) is 0 Å². The summed E-state index contributed by atoms with van der Waals surface area (Å²) in [5, 5.41) is 9.41. The molecule has 0 spiro atoms. The number of rotatable bonds is 4. The zero-order valence-electron chi connectivity index (χ0n) is 11.1. The summed E-state index contributed by atoms with van der Waals surface area (Å²) in [4.78, 5) is 0. The molecule has 0 aromatic heterocycles. The highest BCUT2D eigenvalue weighted by molar-refractivity contribution is 4.94. The summed E-state index contributed by atoms with van der Waals surface area (Å²) in [6.45, 7) is 11.5. The number of aliphatic hydroxyl groups is 1. The van der Waals surface area contributed by atoms with Crippen LogP contribution in [0.1, 0.15) is 60.3 Å². The molecule has 1 nitrogen and oxygen atoms in total. The van der Waals surface area contributed by atoms with E-state index in [0.717, 1.165) is 24.2 Å². The van der Waals surface area contributed by atoms with Gasteiger partial charge in [-0.2, -0.15) is 0 Å². The van der Waals surface area contributed by atoms with Gasteiger partial charge in [0.15, 0.2) is 0 Å². The molecule has 90 valence electrons. The third-order valence-corrected chi connectivity index (χ3v) is 4.89. The fraction of sp³-hybridized carbons (Fsp3) is 1.00. The van der Waals surface area contributed by atoms with Crippen molar-refractivity contribution < 1.29 is 5.11 Å². The number of aliphatic hydroxyl groups excluding tert-OH is 1. The molecular weight excluding hydrogens is 184 g/mol. The van der Waals surface area contributed by atoms with Crippen LogP contribution < -0.4 is 0 Å². The minimum Gasteiger partial charge on any atom is -0.393 e. The van der Waals surface area contributed by atoms with Crippen molar-refractivity contribution in [1.82, 2.24) is 0 Å². The minimum absolute atomic E-state index is 0.130. The summed E-state index contributed by atoms with van der Waals surface area (Å²) in [5.41, 5.74) is 0.508. The standard InChI is InChI=1S/C14H28O/c1-10(2)14(5)9-8-11(3)13(14)7-6-12(4)15/h10-13,15H,6-9H2,1-5H3/t11-,12+,13+,14-/m0/s1. The summed E-state index contributed by atoms with van der Waals surface area (Å²) in [6.07, 6.45) is 4.79. The number of hydrogen-bond donors (Lipinski definition) is 1. The first-order chi connectivity index (χ1) is 6.88. The van der Waals surface area contributed by atoms with Crippen LogP contribution in [0.4, 0.5) is 0 Å². The maximum atomic E-state index is 9.41. The Labute approximate surface area is 95.3 Å². The fourth-order valence-corrected chi connectivity index (χ4v) is 3.33. The molecule has 0 heterocycles. The van der Waals surface area contributed by atoms with E-state index in [1.807, 2.05) is 6.92 Å². The van der Waals surface area contributed by atoms with Gasteiger partial charge in [0, 0.05) is 0 Å². The summed E-state index contributed by atoms with van der Waals surface area (Å²) in [7, 11) is 0. The monoisotopic (exact) mass is 212 g/mol. The first kappa shape index (κ1) is 13.0. The molecule has 1 heteroatoms. The van der Waals surface area contributed by atoms with Crippen molar-refractivity contribution in [3.05, 3.63) is 0 Å². The minimum atomic E-state index is -0.130. The van der Waals surface area contributed by atoms with Gasteiger partial charge in [0.05, 0.1) is 6.10 Å². The molecule has 4 atom stereocenters. The van der Waals surface area contributed by atoms with Crippen LogP contribution in [0.15, 0.2) is 0 Å². The van der Waals surface area contributed by atoms with Gasteiger partial charge in [-0.3, -0.25) is 0 Å². The van der Waals surface area contributed by atoms with E-state index >= 15 is 0 Å². The average molecular weight is 212 g/mol. The van der Waals surface area contributed by atoms with E-state index in [4.69, 9.17) is 0 Å². The summed E-state index contributed by atoms with van der Waals surface area (Å²) >= 11 is 0. The summed E-state index contributed by atoms with van der Waals surface area (Å²) in [5.74, 6) is 2.42. The van der Waals surface area contributed by atoms with Gasteiger partial charge < -0.3 is 5.11 Å². The highest BCUT2D eigenvalue weighted by atomic mass is 16.3. The average Bonchev–Trinajstić information content (AvgIpc) is 2.41. The maximum Gasteiger partial charge on any atom is 0.0512 e. The van der Waals surface area contributed by atoms with Crippen LogP contribution in [0.5, 0.6) is 0 Å². The van der Waals surface area contributed by atoms with Crippen molar-refractivity contribution in [3.8, 4) is 0 Å². The molecule has 15 heavy (non-hydrogen) atoms. The first-order valence-corrected chi connectivity index (χ1v) is 6.56. The Kier molecular flexibility index (Phi) is 4.22. The molecule has 1 aliphatic rings. The second kappa shape index (κ2) is 4.86. The second-order valence-corrected chi connectivity index (χ2v) is 6.21. The lowest BCUT2D eigenvalue weighted by molar-refractivity contribution is 0.0973. The van der Waals surface area contributed by atoms with E-state index in [0.29, 0.717) is 5.41 Å². The van der Waals surface area contributed by atoms with Gasteiger partial charge in [-0.1, -0.05) is 27.7 Å². The highest BCUT2D eigenvalue weighted by Gasteiger charge is 2.44. The molecule has 0 saturated heterocycles. The van der Waals surface area contributed by atoms with Crippen LogP contribution >= 0.6 is 0 Å². The lowest BCUT2D eigenvalue weighted by Crippen LogP contribution is -2.30. The quantitative estimate of drug-likeness (QED) is 0.750. The van der Waals surface area contributed by atoms with E-state index in [9.17, 15) is 5.11 Å². The molecule has 0 aromatic carbocycles. The highest BCUT2D eigenvalue weighted by Crippen LogP contribution is 2.53. The zero-order chi connectivity index (χ0) is 11.6. The van der Waals surface area contributed by atoms with Crippen molar-refractivity contribution in [3.63, 3.8) is 0 Å². The Morgan fingerprint density at radius 3 is 2.40 bits per heavy atom. The molecule has 0 aliphatic heterocycles. The molecule has 1 N–H and O–H groups in total. The van der Waals surface area contributed by atoms with Gasteiger partial charge in [0.2, 0.25) is 0 Å². The van der Waals surface area contributed by atoms with Crippen LogP contribution in [0.25, 0.3) is 0 Å². The number of hydrogen-bond acceptors (Lipinski definition) is 1. The molecular formula is C14H28O. The predicted molar refractivity (Wildman–Crippen MR) is 65.7 cm³/mol. The lowest BCUT2D eigenvalue weighted by atomic mass is 9.68. The van der Waals surface area contributed by atoms with Crippen molar-refractivity contribution in [1.29, 1.82) is 0 Å². The van der Waals surface area contributed by atoms with Crippen LogP contribution in [0.3, 0.4) is 0 Å². The van der Waals surface area contributed by atoms with Gasteiger partial charge in [-0.15, -0.1) is 0 Å². The fourth-order valence-electron chi connectivity index (χ4n) is 3.33. The van der Waals surface area contributed by atoms with Crippen LogP contribution in [-0.4, -0.2) is 11.2 Å². The summed E-state index contributed by atoms with van der Waals surface area (Å²) in [6, 6.07) is 0. The molecule has 0 radical (unpaired) electrons. The van der Waals surface area contributed by atoms with Crippen LogP contribution in [0.2, 0.25) is 0 Å². The Balaban J connectivity index is 2.64. The normalized spacial score (nSPS) is 38.6. The third-order valence-electron chi connectivity index (χ3n) is 4.89. The third kappa shape index (κ3) is 2.75. The zero-order valence-corrected chi connectivity index (χ0v) is 11.1. The van der Waals surface area contributed by atoms with Crippen molar-refractivity contribution >= 4 is 0 Å². The maximum absolute atomic E-state index is 9.41. The van der Waals surface area contributed by atoms with Gasteiger partial charge >= 0.3 is 0 Å². The van der Waals surface area contributed by atoms with E-state index < -0.39 is 0 Å². The van der Waals surface area contributed by atoms with E-state index in [-0.39, 0.29) is 6.10 Å². The van der Waals surface area contributed by atoms with Crippen LogP contribution in [0, 0.1) is 23.2 Å². The largest absolute Gasteiger partial charge is 0.393 e. The van der Waals surface area contributed by atoms with Gasteiger partial charge in [-0.25, -0.2) is 0 Å².